The van der Waals surface area contributed by atoms with Crippen LogP contribution >= 0.6 is 0 Å². The van der Waals surface area contributed by atoms with Gasteiger partial charge < -0.3 is 9.47 Å². The molecule has 1 saturated heterocycles. The van der Waals surface area contributed by atoms with Crippen LogP contribution in [0.4, 0.5) is 0 Å². The first-order valence-corrected chi connectivity index (χ1v) is 11.4. The number of rotatable bonds is 5. The van der Waals surface area contributed by atoms with Gasteiger partial charge in [0, 0.05) is 43.2 Å². The topological polar surface area (TPSA) is 55.2 Å². The molecule has 0 spiro atoms. The van der Waals surface area contributed by atoms with Gasteiger partial charge in [0.1, 0.15) is 5.56 Å². The second kappa shape index (κ2) is 9.51. The summed E-state index contributed by atoms with van der Waals surface area (Å²) in [5, 5.41) is 0. The maximum absolute atomic E-state index is 13.7. The van der Waals surface area contributed by atoms with Gasteiger partial charge in [0.2, 0.25) is 0 Å². The SMILES string of the molecule is Cc1ccccc1Cc1c(C(=O)N2CCC[C@@H](C)C2)c(=O)cc(C)n1Cc1ccccn1. The predicted molar refractivity (Wildman–Crippen MR) is 127 cm³/mol. The number of aryl methyl sites for hydroxylation is 2. The molecule has 4 rings (SSSR count). The Labute approximate surface area is 189 Å². The number of hydrogen-bond acceptors (Lipinski definition) is 3. The highest BCUT2D eigenvalue weighted by atomic mass is 16.2. The Morgan fingerprint density at radius 2 is 1.91 bits per heavy atom. The summed E-state index contributed by atoms with van der Waals surface area (Å²) in [6.45, 7) is 8.10. The normalized spacial score (nSPS) is 16.2. The smallest absolute Gasteiger partial charge is 0.259 e. The van der Waals surface area contributed by atoms with E-state index in [9.17, 15) is 9.59 Å². The van der Waals surface area contributed by atoms with Crippen LogP contribution in [-0.4, -0.2) is 33.4 Å². The molecule has 0 radical (unpaired) electrons. The Balaban J connectivity index is 1.85. The summed E-state index contributed by atoms with van der Waals surface area (Å²) >= 11 is 0. The first-order chi connectivity index (χ1) is 15.4. The molecule has 3 aromatic rings. The van der Waals surface area contributed by atoms with Crippen molar-refractivity contribution in [2.45, 2.75) is 46.6 Å². The van der Waals surface area contributed by atoms with E-state index in [2.05, 4.69) is 35.5 Å². The third-order valence-electron chi connectivity index (χ3n) is 6.45. The number of carbonyl (C=O) groups is 1. The summed E-state index contributed by atoms with van der Waals surface area (Å²) in [5.74, 6) is 0.314. The van der Waals surface area contributed by atoms with Crippen LogP contribution in [0.5, 0.6) is 0 Å². The predicted octanol–water partition coefficient (Wildman–Crippen LogP) is 4.37. The van der Waals surface area contributed by atoms with Gasteiger partial charge in [0.15, 0.2) is 5.43 Å². The van der Waals surface area contributed by atoms with Crippen molar-refractivity contribution >= 4 is 5.91 Å². The van der Waals surface area contributed by atoms with Gasteiger partial charge in [0.05, 0.1) is 12.2 Å². The Hall–Kier alpha value is -3.21. The first-order valence-electron chi connectivity index (χ1n) is 11.4. The second-order valence-electron chi connectivity index (χ2n) is 8.98. The third kappa shape index (κ3) is 4.67. The van der Waals surface area contributed by atoms with E-state index < -0.39 is 0 Å². The molecule has 1 atom stereocenters. The van der Waals surface area contributed by atoms with Crippen LogP contribution in [0.2, 0.25) is 0 Å². The Morgan fingerprint density at radius 3 is 2.62 bits per heavy atom. The summed E-state index contributed by atoms with van der Waals surface area (Å²) in [4.78, 5) is 33.3. The highest BCUT2D eigenvalue weighted by Crippen LogP contribution is 2.22. The van der Waals surface area contributed by atoms with Gasteiger partial charge in [-0.15, -0.1) is 0 Å². The van der Waals surface area contributed by atoms with Crippen LogP contribution in [-0.2, 0) is 13.0 Å². The summed E-state index contributed by atoms with van der Waals surface area (Å²) < 4.78 is 2.09. The van der Waals surface area contributed by atoms with Gasteiger partial charge >= 0.3 is 0 Å². The molecule has 5 nitrogen and oxygen atoms in total. The fourth-order valence-corrected chi connectivity index (χ4v) is 4.64. The van der Waals surface area contributed by atoms with E-state index in [4.69, 9.17) is 0 Å². The quantitative estimate of drug-likeness (QED) is 0.605. The van der Waals surface area contributed by atoms with E-state index in [1.165, 1.54) is 0 Å². The highest BCUT2D eigenvalue weighted by Gasteiger charge is 2.28. The zero-order valence-corrected chi connectivity index (χ0v) is 19.2. The lowest BCUT2D eigenvalue weighted by Crippen LogP contribution is -2.42. The van der Waals surface area contributed by atoms with Crippen molar-refractivity contribution in [3.63, 3.8) is 0 Å². The van der Waals surface area contributed by atoms with E-state index >= 15 is 0 Å². The van der Waals surface area contributed by atoms with Gasteiger partial charge in [0.25, 0.3) is 5.91 Å². The average molecular weight is 430 g/mol. The van der Waals surface area contributed by atoms with Gasteiger partial charge in [-0.05, 0) is 55.9 Å². The standard InChI is InChI=1S/C27H31N3O2/c1-19-9-8-14-29(17-19)27(32)26-24(16-22-11-5-4-10-20(22)2)30(21(3)15-25(26)31)18-23-12-6-7-13-28-23/h4-7,10-13,15,19H,8-9,14,16-18H2,1-3H3/t19-/m1/s1. The molecular formula is C27H31N3O2. The lowest BCUT2D eigenvalue weighted by atomic mass is 9.96. The summed E-state index contributed by atoms with van der Waals surface area (Å²) in [5.41, 5.74) is 4.90. The molecule has 32 heavy (non-hydrogen) atoms. The molecule has 0 N–H and O–H groups in total. The van der Waals surface area contributed by atoms with Crippen molar-refractivity contribution in [3.05, 3.63) is 98.7 Å². The molecule has 1 aliphatic rings. The Morgan fingerprint density at radius 1 is 1.12 bits per heavy atom. The minimum absolute atomic E-state index is 0.139. The number of nitrogens with zero attached hydrogens (tertiary/aromatic N) is 3. The highest BCUT2D eigenvalue weighted by molar-refractivity contribution is 5.95. The fraction of sp³-hybridized carbons (Fsp3) is 0.370. The molecule has 166 valence electrons. The van der Waals surface area contributed by atoms with Crippen molar-refractivity contribution < 1.29 is 4.79 Å². The monoisotopic (exact) mass is 429 g/mol. The summed E-state index contributed by atoms with van der Waals surface area (Å²) in [7, 11) is 0. The van der Waals surface area contributed by atoms with E-state index in [0.717, 1.165) is 41.1 Å². The molecule has 2 aromatic heterocycles. The minimum Gasteiger partial charge on any atom is -0.342 e. The number of hydrogen-bond donors (Lipinski definition) is 0. The van der Waals surface area contributed by atoms with Crippen molar-refractivity contribution in [3.8, 4) is 0 Å². The van der Waals surface area contributed by atoms with Crippen LogP contribution < -0.4 is 5.43 Å². The number of amides is 1. The van der Waals surface area contributed by atoms with Crippen molar-refractivity contribution in [1.29, 1.82) is 0 Å². The van der Waals surface area contributed by atoms with Gasteiger partial charge in [-0.2, -0.15) is 0 Å². The number of piperidine rings is 1. The zero-order chi connectivity index (χ0) is 22.7. The lowest BCUT2D eigenvalue weighted by molar-refractivity contribution is 0.0679. The molecule has 3 heterocycles. The van der Waals surface area contributed by atoms with Crippen LogP contribution in [0, 0.1) is 19.8 Å². The van der Waals surface area contributed by atoms with Crippen LogP contribution in [0.1, 0.15) is 58.3 Å². The maximum Gasteiger partial charge on any atom is 0.259 e. The number of benzene rings is 1. The van der Waals surface area contributed by atoms with Crippen molar-refractivity contribution in [2.75, 3.05) is 13.1 Å². The van der Waals surface area contributed by atoms with E-state index in [0.29, 0.717) is 37.5 Å². The van der Waals surface area contributed by atoms with Gasteiger partial charge in [-0.25, -0.2) is 0 Å². The van der Waals surface area contributed by atoms with Crippen LogP contribution in [0.25, 0.3) is 0 Å². The summed E-state index contributed by atoms with van der Waals surface area (Å²) in [6.07, 6.45) is 4.40. The molecule has 1 aromatic carbocycles. The van der Waals surface area contributed by atoms with Gasteiger partial charge in [-0.3, -0.25) is 14.6 Å². The number of carbonyl (C=O) groups excluding carboxylic acids is 1. The molecular weight excluding hydrogens is 398 g/mol. The van der Waals surface area contributed by atoms with Crippen LogP contribution in [0.3, 0.4) is 0 Å². The summed E-state index contributed by atoms with van der Waals surface area (Å²) in [6, 6.07) is 15.6. The number of pyridine rings is 2. The van der Waals surface area contributed by atoms with E-state index in [1.807, 2.05) is 42.2 Å². The molecule has 0 bridgehead atoms. The third-order valence-corrected chi connectivity index (χ3v) is 6.45. The van der Waals surface area contributed by atoms with Gasteiger partial charge in [-0.1, -0.05) is 37.3 Å². The molecule has 0 aliphatic carbocycles. The first kappa shape index (κ1) is 22.0. The maximum atomic E-state index is 13.7. The number of aromatic nitrogens is 2. The van der Waals surface area contributed by atoms with E-state index in [1.54, 1.807) is 12.3 Å². The van der Waals surface area contributed by atoms with Crippen molar-refractivity contribution in [2.24, 2.45) is 5.92 Å². The van der Waals surface area contributed by atoms with E-state index in [-0.39, 0.29) is 11.3 Å². The molecule has 0 unspecified atom stereocenters. The number of likely N-dealkylation sites (tertiary alicyclic amines) is 1. The van der Waals surface area contributed by atoms with Crippen LogP contribution in [0.15, 0.2) is 59.5 Å². The van der Waals surface area contributed by atoms with Crippen molar-refractivity contribution in [1.82, 2.24) is 14.5 Å². The Kier molecular flexibility index (Phi) is 6.54. The second-order valence-corrected chi connectivity index (χ2v) is 8.98. The fourth-order valence-electron chi connectivity index (χ4n) is 4.64. The molecule has 5 heteroatoms. The molecule has 0 saturated carbocycles. The largest absolute Gasteiger partial charge is 0.342 e. The Bertz CT molecular complexity index is 1170. The lowest BCUT2D eigenvalue weighted by Gasteiger charge is -2.32. The average Bonchev–Trinajstić information content (AvgIpc) is 2.78. The molecule has 1 aliphatic heterocycles. The molecule has 1 amide bonds. The minimum atomic E-state index is -0.188. The zero-order valence-electron chi connectivity index (χ0n) is 19.2. The molecule has 1 fully saturated rings.